The van der Waals surface area contributed by atoms with E-state index in [0.717, 1.165) is 24.0 Å². The number of hydrogen-bond acceptors (Lipinski definition) is 4. The zero-order valence-electron chi connectivity index (χ0n) is 14.5. The molecular weight excluding hydrogens is 260 g/mol. The third-order valence-electron chi connectivity index (χ3n) is 4.35. The minimum Gasteiger partial charge on any atom is -0.373 e. The van der Waals surface area contributed by atoms with Crippen LogP contribution in [0.2, 0.25) is 0 Å². The predicted octanol–water partition coefficient (Wildman–Crippen LogP) is 3.89. The molecule has 0 radical (unpaired) electrons. The second-order valence-corrected chi connectivity index (χ2v) is 7.24. The molecule has 1 aliphatic heterocycles. The van der Waals surface area contributed by atoms with Crippen molar-refractivity contribution in [1.29, 1.82) is 0 Å². The highest BCUT2D eigenvalue weighted by Gasteiger charge is 2.25. The Morgan fingerprint density at radius 1 is 1.14 bits per heavy atom. The molecule has 21 heavy (non-hydrogen) atoms. The van der Waals surface area contributed by atoms with Gasteiger partial charge in [-0.3, -0.25) is 0 Å². The lowest BCUT2D eigenvalue weighted by Crippen LogP contribution is -2.35. The van der Waals surface area contributed by atoms with E-state index in [0.29, 0.717) is 6.04 Å². The molecule has 1 N–H and O–H groups in total. The van der Waals surface area contributed by atoms with Crippen molar-refractivity contribution in [2.24, 2.45) is 0 Å². The van der Waals surface area contributed by atoms with Crippen LogP contribution >= 0.6 is 0 Å². The molecule has 1 fully saturated rings. The van der Waals surface area contributed by atoms with E-state index < -0.39 is 0 Å². The molecule has 0 aliphatic carbocycles. The topological polar surface area (TPSA) is 41.1 Å². The van der Waals surface area contributed by atoms with E-state index in [1.807, 2.05) is 7.05 Å². The lowest BCUT2D eigenvalue weighted by molar-refractivity contribution is 0.539. The van der Waals surface area contributed by atoms with Crippen LogP contribution in [0.1, 0.15) is 64.8 Å². The molecule has 0 amide bonds. The Hall–Kier alpha value is -1.32. The van der Waals surface area contributed by atoms with Gasteiger partial charge in [0, 0.05) is 30.6 Å². The SMILES string of the molecule is CNc1nc(C(C)(C)C)nc(N2CCCCCC2C)c1C. The summed E-state index contributed by atoms with van der Waals surface area (Å²) in [7, 11) is 1.94. The standard InChI is InChI=1S/C17H30N4/c1-12-10-8-7-9-11-21(12)15-13(2)14(18-6)19-16(20-15)17(3,4)5/h12H,7-11H2,1-6H3,(H,18,19,20). The summed E-state index contributed by atoms with van der Waals surface area (Å²) >= 11 is 0. The summed E-state index contributed by atoms with van der Waals surface area (Å²) in [6, 6.07) is 0.554. The molecule has 0 saturated carbocycles. The van der Waals surface area contributed by atoms with E-state index in [9.17, 15) is 0 Å². The van der Waals surface area contributed by atoms with Gasteiger partial charge in [0.05, 0.1) is 0 Å². The fourth-order valence-electron chi connectivity index (χ4n) is 2.95. The molecule has 1 aliphatic rings. The minimum absolute atomic E-state index is 0.0386. The summed E-state index contributed by atoms with van der Waals surface area (Å²) in [5.74, 6) is 3.00. The van der Waals surface area contributed by atoms with Crippen LogP contribution in [0, 0.1) is 6.92 Å². The normalized spacial score (nSPS) is 20.3. The Bertz CT molecular complexity index is 490. The molecule has 1 aromatic heterocycles. The zero-order chi connectivity index (χ0) is 15.6. The average Bonchev–Trinajstić information content (AvgIpc) is 2.62. The van der Waals surface area contributed by atoms with Gasteiger partial charge in [-0.15, -0.1) is 0 Å². The van der Waals surface area contributed by atoms with Crippen molar-refractivity contribution in [3.63, 3.8) is 0 Å². The molecule has 4 heteroatoms. The number of aromatic nitrogens is 2. The Morgan fingerprint density at radius 3 is 2.48 bits per heavy atom. The lowest BCUT2D eigenvalue weighted by Gasteiger charge is -2.31. The molecule has 1 atom stereocenters. The van der Waals surface area contributed by atoms with Crippen LogP contribution in [0.5, 0.6) is 0 Å². The van der Waals surface area contributed by atoms with Gasteiger partial charge in [-0.05, 0) is 26.7 Å². The van der Waals surface area contributed by atoms with Crippen molar-refractivity contribution in [2.45, 2.75) is 71.8 Å². The Morgan fingerprint density at radius 2 is 1.86 bits per heavy atom. The first-order valence-corrected chi connectivity index (χ1v) is 8.18. The zero-order valence-corrected chi connectivity index (χ0v) is 14.5. The summed E-state index contributed by atoms with van der Waals surface area (Å²) < 4.78 is 0. The summed E-state index contributed by atoms with van der Waals surface area (Å²) in [6.07, 6.45) is 5.17. The van der Waals surface area contributed by atoms with E-state index in [1.165, 1.54) is 31.2 Å². The molecule has 0 spiro atoms. The Kier molecular flexibility index (Phi) is 4.74. The fraction of sp³-hybridized carbons (Fsp3) is 0.765. The smallest absolute Gasteiger partial charge is 0.138 e. The van der Waals surface area contributed by atoms with Gasteiger partial charge in [0.2, 0.25) is 0 Å². The van der Waals surface area contributed by atoms with Crippen LogP contribution in [-0.4, -0.2) is 29.6 Å². The molecule has 1 saturated heterocycles. The minimum atomic E-state index is -0.0386. The summed E-state index contributed by atoms with van der Waals surface area (Å²) in [5.41, 5.74) is 1.13. The number of anilines is 2. The van der Waals surface area contributed by atoms with Crippen molar-refractivity contribution in [3.8, 4) is 0 Å². The molecule has 2 heterocycles. The molecule has 0 aromatic carbocycles. The predicted molar refractivity (Wildman–Crippen MR) is 90.3 cm³/mol. The van der Waals surface area contributed by atoms with Gasteiger partial charge in [-0.2, -0.15) is 0 Å². The van der Waals surface area contributed by atoms with E-state index in [1.54, 1.807) is 0 Å². The van der Waals surface area contributed by atoms with Crippen LogP contribution in [0.4, 0.5) is 11.6 Å². The highest BCUT2D eigenvalue weighted by atomic mass is 15.2. The van der Waals surface area contributed by atoms with Gasteiger partial charge in [0.1, 0.15) is 17.5 Å². The quantitative estimate of drug-likeness (QED) is 0.897. The highest BCUT2D eigenvalue weighted by Crippen LogP contribution is 2.31. The first kappa shape index (κ1) is 16.1. The van der Waals surface area contributed by atoms with E-state index >= 15 is 0 Å². The molecular formula is C17H30N4. The number of rotatable bonds is 2. The number of nitrogens with zero attached hydrogens (tertiary/aromatic N) is 3. The Labute approximate surface area is 129 Å². The van der Waals surface area contributed by atoms with Crippen molar-refractivity contribution >= 4 is 11.6 Å². The average molecular weight is 290 g/mol. The maximum absolute atomic E-state index is 4.94. The van der Waals surface area contributed by atoms with Gasteiger partial charge in [0.15, 0.2) is 0 Å². The van der Waals surface area contributed by atoms with Crippen LogP contribution in [0.25, 0.3) is 0 Å². The Balaban J connectivity index is 2.50. The second kappa shape index (κ2) is 6.20. The third kappa shape index (κ3) is 3.47. The molecule has 4 nitrogen and oxygen atoms in total. The first-order chi connectivity index (χ1) is 9.84. The van der Waals surface area contributed by atoms with Gasteiger partial charge >= 0.3 is 0 Å². The molecule has 1 unspecified atom stereocenters. The van der Waals surface area contributed by atoms with Crippen LogP contribution < -0.4 is 10.2 Å². The van der Waals surface area contributed by atoms with E-state index in [4.69, 9.17) is 9.97 Å². The molecule has 2 rings (SSSR count). The highest BCUT2D eigenvalue weighted by molar-refractivity contribution is 5.59. The maximum Gasteiger partial charge on any atom is 0.138 e. The number of hydrogen-bond donors (Lipinski definition) is 1. The van der Waals surface area contributed by atoms with Crippen LogP contribution in [-0.2, 0) is 5.41 Å². The van der Waals surface area contributed by atoms with Crippen molar-refractivity contribution < 1.29 is 0 Å². The maximum atomic E-state index is 4.94. The van der Waals surface area contributed by atoms with Crippen molar-refractivity contribution in [3.05, 3.63) is 11.4 Å². The number of nitrogens with one attached hydrogen (secondary N) is 1. The summed E-state index contributed by atoms with van der Waals surface area (Å²) in [6.45, 7) is 12.1. The molecule has 118 valence electrons. The molecule has 1 aromatic rings. The summed E-state index contributed by atoms with van der Waals surface area (Å²) in [5, 5.41) is 3.24. The molecule has 0 bridgehead atoms. The largest absolute Gasteiger partial charge is 0.373 e. The summed E-state index contributed by atoms with van der Waals surface area (Å²) in [4.78, 5) is 12.1. The van der Waals surface area contributed by atoms with E-state index in [2.05, 4.69) is 44.8 Å². The lowest BCUT2D eigenvalue weighted by atomic mass is 9.95. The van der Waals surface area contributed by atoms with Gasteiger partial charge in [-0.1, -0.05) is 33.6 Å². The first-order valence-electron chi connectivity index (χ1n) is 8.18. The van der Waals surface area contributed by atoms with Gasteiger partial charge < -0.3 is 10.2 Å². The van der Waals surface area contributed by atoms with Crippen molar-refractivity contribution in [1.82, 2.24) is 9.97 Å². The van der Waals surface area contributed by atoms with Crippen molar-refractivity contribution in [2.75, 3.05) is 23.8 Å². The van der Waals surface area contributed by atoms with Gasteiger partial charge in [0.25, 0.3) is 0 Å². The van der Waals surface area contributed by atoms with Crippen LogP contribution in [0.15, 0.2) is 0 Å². The third-order valence-corrected chi connectivity index (χ3v) is 4.35. The second-order valence-electron chi connectivity index (χ2n) is 7.24. The van der Waals surface area contributed by atoms with Gasteiger partial charge in [-0.25, -0.2) is 9.97 Å². The van der Waals surface area contributed by atoms with Crippen LogP contribution in [0.3, 0.4) is 0 Å². The fourth-order valence-corrected chi connectivity index (χ4v) is 2.95. The monoisotopic (exact) mass is 290 g/mol. The van der Waals surface area contributed by atoms with E-state index in [-0.39, 0.29) is 5.41 Å².